The summed E-state index contributed by atoms with van der Waals surface area (Å²) in [5, 5.41) is 19.2. The SMILES string of the molecule is O=C(O)Cc1cc(F)cc(OC(F)F)c1[N+](=O)[O-]. The molecule has 0 saturated heterocycles. The molecule has 0 fully saturated rings. The van der Waals surface area contributed by atoms with E-state index in [0.29, 0.717) is 12.1 Å². The monoisotopic (exact) mass is 265 g/mol. The lowest BCUT2D eigenvalue weighted by molar-refractivity contribution is -0.387. The summed E-state index contributed by atoms with van der Waals surface area (Å²) in [5.41, 5.74) is -1.54. The predicted molar refractivity (Wildman–Crippen MR) is 51.0 cm³/mol. The Hall–Kier alpha value is -2.32. The van der Waals surface area contributed by atoms with Gasteiger partial charge < -0.3 is 9.84 Å². The van der Waals surface area contributed by atoms with Crippen molar-refractivity contribution in [3.05, 3.63) is 33.6 Å². The van der Waals surface area contributed by atoms with Gasteiger partial charge in [0.1, 0.15) is 5.82 Å². The van der Waals surface area contributed by atoms with Gasteiger partial charge in [-0.3, -0.25) is 14.9 Å². The first-order chi connectivity index (χ1) is 8.31. The highest BCUT2D eigenvalue weighted by atomic mass is 19.3. The van der Waals surface area contributed by atoms with Crippen LogP contribution in [-0.4, -0.2) is 22.6 Å². The number of nitro benzene ring substituents is 1. The molecule has 0 amide bonds. The number of nitrogens with zero attached hydrogens (tertiary/aromatic N) is 1. The highest BCUT2D eigenvalue weighted by molar-refractivity contribution is 5.73. The van der Waals surface area contributed by atoms with Crippen molar-refractivity contribution in [3.8, 4) is 5.75 Å². The van der Waals surface area contributed by atoms with E-state index in [9.17, 15) is 28.1 Å². The molecule has 0 saturated carbocycles. The van der Waals surface area contributed by atoms with Crippen LogP contribution in [0.15, 0.2) is 12.1 Å². The van der Waals surface area contributed by atoms with E-state index in [4.69, 9.17) is 5.11 Å². The fourth-order valence-electron chi connectivity index (χ4n) is 1.32. The number of hydrogen-bond donors (Lipinski definition) is 1. The summed E-state index contributed by atoms with van der Waals surface area (Å²) in [4.78, 5) is 20.0. The maximum atomic E-state index is 13.0. The van der Waals surface area contributed by atoms with Crippen LogP contribution in [0.5, 0.6) is 5.75 Å². The normalized spacial score (nSPS) is 10.4. The first kappa shape index (κ1) is 13.7. The topological polar surface area (TPSA) is 89.7 Å². The van der Waals surface area contributed by atoms with E-state index in [1.807, 2.05) is 0 Å². The van der Waals surface area contributed by atoms with E-state index in [0.717, 1.165) is 0 Å². The van der Waals surface area contributed by atoms with Gasteiger partial charge in [0, 0.05) is 11.6 Å². The summed E-state index contributed by atoms with van der Waals surface area (Å²) >= 11 is 0. The van der Waals surface area contributed by atoms with Gasteiger partial charge in [-0.1, -0.05) is 0 Å². The van der Waals surface area contributed by atoms with Crippen molar-refractivity contribution in [2.45, 2.75) is 13.0 Å². The predicted octanol–water partition coefficient (Wildman–Crippen LogP) is 1.96. The standard InChI is InChI=1S/C9H6F3NO5/c10-5-1-4(2-7(14)15)8(13(16)17)6(3-5)18-9(11)12/h1,3,9H,2H2,(H,14,15). The van der Waals surface area contributed by atoms with Gasteiger partial charge in [0.25, 0.3) is 0 Å². The van der Waals surface area contributed by atoms with Gasteiger partial charge in [-0.15, -0.1) is 0 Å². The molecule has 0 aliphatic heterocycles. The van der Waals surface area contributed by atoms with Crippen LogP contribution >= 0.6 is 0 Å². The van der Waals surface area contributed by atoms with Crippen molar-refractivity contribution >= 4 is 11.7 Å². The van der Waals surface area contributed by atoms with Crippen LogP contribution < -0.4 is 4.74 Å². The van der Waals surface area contributed by atoms with Gasteiger partial charge in [0.05, 0.1) is 11.3 Å². The van der Waals surface area contributed by atoms with Crippen LogP contribution in [-0.2, 0) is 11.2 Å². The molecular weight excluding hydrogens is 259 g/mol. The molecule has 6 nitrogen and oxygen atoms in total. The second-order valence-electron chi connectivity index (χ2n) is 3.12. The summed E-state index contributed by atoms with van der Waals surface area (Å²) in [6, 6.07) is 0.986. The Labute approximate surface area is 97.7 Å². The molecule has 0 unspecified atom stereocenters. The Morgan fingerprint density at radius 3 is 2.56 bits per heavy atom. The number of ether oxygens (including phenoxy) is 1. The second-order valence-corrected chi connectivity index (χ2v) is 3.12. The molecule has 0 atom stereocenters. The molecular formula is C9H6F3NO5. The fraction of sp³-hybridized carbons (Fsp3) is 0.222. The molecule has 0 aromatic heterocycles. The molecule has 0 spiro atoms. The molecule has 0 bridgehead atoms. The van der Waals surface area contributed by atoms with Gasteiger partial charge in [-0.25, -0.2) is 4.39 Å². The number of carboxylic acids is 1. The molecule has 1 N–H and O–H groups in total. The highest BCUT2D eigenvalue weighted by Crippen LogP contribution is 2.33. The first-order valence-electron chi connectivity index (χ1n) is 4.44. The quantitative estimate of drug-likeness (QED) is 0.649. The minimum absolute atomic E-state index is 0.398. The summed E-state index contributed by atoms with van der Waals surface area (Å²) in [5.74, 6) is -3.58. The number of halogens is 3. The minimum Gasteiger partial charge on any atom is -0.481 e. The van der Waals surface area contributed by atoms with Gasteiger partial charge in [0.15, 0.2) is 0 Å². The Kier molecular flexibility index (Phi) is 4.08. The molecule has 0 aliphatic carbocycles. The number of alkyl halides is 2. The van der Waals surface area contributed by atoms with E-state index in [-0.39, 0.29) is 0 Å². The zero-order valence-electron chi connectivity index (χ0n) is 8.60. The zero-order valence-corrected chi connectivity index (χ0v) is 8.60. The highest BCUT2D eigenvalue weighted by Gasteiger charge is 2.26. The zero-order chi connectivity index (χ0) is 13.9. The maximum absolute atomic E-state index is 13.0. The van der Waals surface area contributed by atoms with Crippen LogP contribution in [0, 0.1) is 15.9 Å². The Balaban J connectivity index is 3.35. The van der Waals surface area contributed by atoms with Crippen LogP contribution in [0.3, 0.4) is 0 Å². The van der Waals surface area contributed by atoms with E-state index in [1.165, 1.54) is 0 Å². The van der Waals surface area contributed by atoms with E-state index < -0.39 is 46.7 Å². The fourth-order valence-corrected chi connectivity index (χ4v) is 1.32. The van der Waals surface area contributed by atoms with Crippen molar-refractivity contribution < 1.29 is 32.7 Å². The molecule has 0 heterocycles. The number of benzene rings is 1. The number of nitro groups is 1. The molecule has 98 valence electrons. The number of aliphatic carboxylic acids is 1. The molecule has 0 aliphatic rings. The smallest absolute Gasteiger partial charge is 0.387 e. The number of carboxylic acid groups (broad SMARTS) is 1. The van der Waals surface area contributed by atoms with Crippen molar-refractivity contribution in [1.29, 1.82) is 0 Å². The van der Waals surface area contributed by atoms with Crippen LogP contribution in [0.2, 0.25) is 0 Å². The van der Waals surface area contributed by atoms with E-state index in [1.54, 1.807) is 0 Å². The third-order valence-corrected chi connectivity index (χ3v) is 1.86. The van der Waals surface area contributed by atoms with Crippen LogP contribution in [0.4, 0.5) is 18.9 Å². The third kappa shape index (κ3) is 3.34. The molecule has 1 aromatic carbocycles. The second kappa shape index (κ2) is 5.34. The Bertz CT molecular complexity index is 491. The van der Waals surface area contributed by atoms with Crippen molar-refractivity contribution in [2.75, 3.05) is 0 Å². The van der Waals surface area contributed by atoms with E-state index in [2.05, 4.69) is 4.74 Å². The number of hydrogen-bond acceptors (Lipinski definition) is 4. The average Bonchev–Trinajstić information content (AvgIpc) is 2.12. The summed E-state index contributed by atoms with van der Waals surface area (Å²) in [6.07, 6.45) is -0.881. The first-order valence-corrected chi connectivity index (χ1v) is 4.44. The lowest BCUT2D eigenvalue weighted by atomic mass is 10.1. The number of rotatable bonds is 5. The summed E-state index contributed by atoms with van der Waals surface area (Å²) in [6.45, 7) is -3.39. The molecule has 18 heavy (non-hydrogen) atoms. The van der Waals surface area contributed by atoms with Crippen molar-refractivity contribution in [3.63, 3.8) is 0 Å². The van der Waals surface area contributed by atoms with Crippen LogP contribution in [0.25, 0.3) is 0 Å². The number of carbonyl (C=O) groups is 1. The summed E-state index contributed by atoms with van der Waals surface area (Å²) in [7, 11) is 0. The summed E-state index contributed by atoms with van der Waals surface area (Å²) < 4.78 is 40.8. The van der Waals surface area contributed by atoms with Crippen molar-refractivity contribution in [1.82, 2.24) is 0 Å². The lowest BCUT2D eigenvalue weighted by Gasteiger charge is -2.08. The molecule has 0 radical (unpaired) electrons. The minimum atomic E-state index is -3.39. The van der Waals surface area contributed by atoms with E-state index >= 15 is 0 Å². The third-order valence-electron chi connectivity index (χ3n) is 1.86. The molecule has 9 heteroatoms. The Morgan fingerprint density at radius 2 is 2.11 bits per heavy atom. The van der Waals surface area contributed by atoms with Gasteiger partial charge >= 0.3 is 18.3 Å². The largest absolute Gasteiger partial charge is 0.481 e. The molecule has 1 aromatic rings. The maximum Gasteiger partial charge on any atom is 0.387 e. The van der Waals surface area contributed by atoms with Crippen molar-refractivity contribution in [2.24, 2.45) is 0 Å². The van der Waals surface area contributed by atoms with Gasteiger partial charge in [0.2, 0.25) is 5.75 Å². The lowest BCUT2D eigenvalue weighted by Crippen LogP contribution is -2.09. The van der Waals surface area contributed by atoms with Crippen LogP contribution in [0.1, 0.15) is 5.56 Å². The average molecular weight is 265 g/mol. The molecule has 1 rings (SSSR count). The van der Waals surface area contributed by atoms with Gasteiger partial charge in [-0.2, -0.15) is 8.78 Å². The van der Waals surface area contributed by atoms with Gasteiger partial charge in [-0.05, 0) is 6.07 Å². The Morgan fingerprint density at radius 1 is 1.50 bits per heavy atom.